The Morgan fingerprint density at radius 1 is 1.03 bits per heavy atom. The fourth-order valence-corrected chi connectivity index (χ4v) is 4.52. The molecule has 0 aliphatic carbocycles. The van der Waals surface area contributed by atoms with E-state index in [-0.39, 0.29) is 12.3 Å². The van der Waals surface area contributed by atoms with Gasteiger partial charge in [0.15, 0.2) is 6.29 Å². The Morgan fingerprint density at radius 3 is 2.50 bits per heavy atom. The van der Waals surface area contributed by atoms with Gasteiger partial charge in [0.05, 0.1) is 34.1 Å². The molecule has 7 heteroatoms. The summed E-state index contributed by atoms with van der Waals surface area (Å²) in [4.78, 5) is 14.7. The number of rotatable bonds is 3. The maximum absolute atomic E-state index is 9.21. The third-order valence-corrected chi connectivity index (χ3v) is 6.40. The molecule has 32 heavy (non-hydrogen) atoms. The van der Waals surface area contributed by atoms with Crippen LogP contribution in [0.3, 0.4) is 0 Å². The molecule has 1 atom stereocenters. The predicted molar refractivity (Wildman–Crippen MR) is 127 cm³/mol. The first-order valence-corrected chi connectivity index (χ1v) is 11.0. The van der Waals surface area contributed by atoms with Gasteiger partial charge in [-0.15, -0.1) is 0 Å². The highest BCUT2D eigenvalue weighted by Crippen LogP contribution is 2.29. The number of allylic oxidation sites excluding steroid dienone is 1. The lowest BCUT2D eigenvalue weighted by molar-refractivity contribution is 0.0743. The second-order valence-electron chi connectivity index (χ2n) is 8.62. The number of benzene rings is 1. The van der Waals surface area contributed by atoms with Crippen molar-refractivity contribution in [3.8, 4) is 6.07 Å². The van der Waals surface area contributed by atoms with Gasteiger partial charge in [0.2, 0.25) is 0 Å². The molecule has 3 aromatic rings. The molecule has 2 N–H and O–H groups in total. The van der Waals surface area contributed by atoms with E-state index in [1.165, 1.54) is 0 Å². The Hall–Kier alpha value is -3.47. The summed E-state index contributed by atoms with van der Waals surface area (Å²) in [6.45, 7) is 1.86. The largest absolute Gasteiger partial charge is 0.349 e. The average Bonchev–Trinajstić information content (AvgIpc) is 3.20. The third-order valence-electron chi connectivity index (χ3n) is 6.40. The summed E-state index contributed by atoms with van der Waals surface area (Å²) >= 11 is 0. The molecule has 2 aliphatic rings. The molecule has 1 saturated heterocycles. The quantitative estimate of drug-likeness (QED) is 0.697. The molecule has 1 unspecified atom stereocenters. The second-order valence-corrected chi connectivity index (χ2v) is 8.62. The Balaban J connectivity index is 1.58. The van der Waals surface area contributed by atoms with Crippen LogP contribution in [0.15, 0.2) is 59.9 Å². The van der Waals surface area contributed by atoms with Crippen molar-refractivity contribution in [2.45, 2.75) is 25.2 Å². The number of fused-ring (bicyclic) bond motifs is 1. The monoisotopic (exact) mass is 425 g/mol. The van der Waals surface area contributed by atoms with Crippen LogP contribution in [0, 0.1) is 11.3 Å². The highest BCUT2D eigenvalue weighted by Gasteiger charge is 2.30. The van der Waals surface area contributed by atoms with Crippen molar-refractivity contribution in [2.75, 3.05) is 20.1 Å². The number of hydrogen-bond donors (Lipinski definition) is 1. The van der Waals surface area contributed by atoms with E-state index < -0.39 is 0 Å². The smallest absolute Gasteiger partial charge is 0.178 e. The number of nitrogens with zero attached hydrogens (tertiary/aromatic N) is 6. The van der Waals surface area contributed by atoms with E-state index in [9.17, 15) is 5.26 Å². The van der Waals surface area contributed by atoms with Crippen molar-refractivity contribution in [2.24, 2.45) is 17.8 Å². The maximum atomic E-state index is 9.21. The zero-order valence-corrected chi connectivity index (χ0v) is 18.4. The molecule has 4 heterocycles. The number of hydrogen-bond acceptors (Lipinski definition) is 6. The van der Waals surface area contributed by atoms with Gasteiger partial charge in [0.25, 0.3) is 0 Å². The summed E-state index contributed by atoms with van der Waals surface area (Å²) in [5.41, 5.74) is 12.6. The third kappa shape index (κ3) is 3.68. The van der Waals surface area contributed by atoms with Crippen molar-refractivity contribution in [1.82, 2.24) is 19.4 Å². The number of piperidine rings is 1. The van der Waals surface area contributed by atoms with Gasteiger partial charge in [0.1, 0.15) is 0 Å². The number of likely N-dealkylation sites (tertiary alicyclic amines) is 1. The number of nitriles is 1. The number of pyridine rings is 1. The molecule has 5 rings (SSSR count). The summed E-state index contributed by atoms with van der Waals surface area (Å²) in [6, 6.07) is 16.3. The molecule has 1 aromatic carbocycles. The van der Waals surface area contributed by atoms with Crippen LogP contribution >= 0.6 is 0 Å². The standard InChI is InChI=1S/C25H27N7/c1-30-12-11-22-23(30)8-7-21(28-22)20-16-31(2)25(32-13-9-19(27)10-14-32)29-24(20)18-5-3-17(15-26)4-6-18/h3-8,11-12,16,19,25H,9-10,13-14,27H2,1-2H3. The van der Waals surface area contributed by atoms with Gasteiger partial charge in [-0.2, -0.15) is 5.26 Å². The normalized spacial score (nSPS) is 20.2. The first-order valence-electron chi connectivity index (χ1n) is 11.0. The number of nitrogens with two attached hydrogens (primary N) is 1. The van der Waals surface area contributed by atoms with E-state index in [0.717, 1.165) is 59.5 Å². The molecule has 0 spiro atoms. The molecule has 2 aliphatic heterocycles. The topological polar surface area (TPSA) is 86.5 Å². The van der Waals surface area contributed by atoms with Crippen LogP contribution in [0.4, 0.5) is 0 Å². The Morgan fingerprint density at radius 2 is 1.78 bits per heavy atom. The Bertz CT molecular complexity index is 1240. The van der Waals surface area contributed by atoms with Crippen LogP contribution < -0.4 is 5.73 Å². The van der Waals surface area contributed by atoms with Crippen molar-refractivity contribution < 1.29 is 0 Å². The van der Waals surface area contributed by atoms with Gasteiger partial charge in [-0.05, 0) is 43.2 Å². The van der Waals surface area contributed by atoms with Gasteiger partial charge in [-0.3, -0.25) is 4.90 Å². The van der Waals surface area contributed by atoms with Crippen LogP contribution in [0.1, 0.15) is 29.7 Å². The van der Waals surface area contributed by atoms with Crippen LogP contribution in [0.25, 0.3) is 16.6 Å². The van der Waals surface area contributed by atoms with E-state index >= 15 is 0 Å². The van der Waals surface area contributed by atoms with E-state index in [4.69, 9.17) is 15.7 Å². The van der Waals surface area contributed by atoms with E-state index in [2.05, 4.69) is 45.8 Å². The van der Waals surface area contributed by atoms with E-state index in [1.807, 2.05) is 43.6 Å². The minimum Gasteiger partial charge on any atom is -0.349 e. The lowest BCUT2D eigenvalue weighted by Crippen LogP contribution is -2.51. The van der Waals surface area contributed by atoms with Crippen molar-refractivity contribution in [1.29, 1.82) is 5.26 Å². The zero-order valence-electron chi connectivity index (χ0n) is 18.4. The zero-order chi connectivity index (χ0) is 22.2. The molecule has 0 saturated carbocycles. The fourth-order valence-electron chi connectivity index (χ4n) is 4.52. The van der Waals surface area contributed by atoms with Crippen molar-refractivity contribution in [3.05, 3.63) is 71.7 Å². The number of aryl methyl sites for hydroxylation is 1. The molecule has 1 fully saturated rings. The van der Waals surface area contributed by atoms with Crippen LogP contribution in [-0.2, 0) is 7.05 Å². The molecule has 0 radical (unpaired) electrons. The summed E-state index contributed by atoms with van der Waals surface area (Å²) in [5, 5.41) is 9.21. The lowest BCUT2D eigenvalue weighted by atomic mass is 9.97. The lowest BCUT2D eigenvalue weighted by Gasteiger charge is -2.40. The van der Waals surface area contributed by atoms with Gasteiger partial charge >= 0.3 is 0 Å². The maximum Gasteiger partial charge on any atom is 0.178 e. The molecular weight excluding hydrogens is 398 g/mol. The van der Waals surface area contributed by atoms with Gasteiger partial charge in [0, 0.05) is 56.8 Å². The summed E-state index contributed by atoms with van der Waals surface area (Å²) in [6.07, 6.45) is 6.05. The molecule has 0 bridgehead atoms. The molecule has 2 aromatic heterocycles. The summed E-state index contributed by atoms with van der Waals surface area (Å²) < 4.78 is 2.07. The van der Waals surface area contributed by atoms with E-state index in [1.54, 1.807) is 0 Å². The van der Waals surface area contributed by atoms with Gasteiger partial charge < -0.3 is 15.2 Å². The van der Waals surface area contributed by atoms with Crippen molar-refractivity contribution >= 4 is 22.3 Å². The number of aliphatic imine (C=N–C) groups is 1. The second kappa shape index (κ2) is 8.23. The van der Waals surface area contributed by atoms with Crippen LogP contribution in [0.5, 0.6) is 0 Å². The molecule has 162 valence electrons. The van der Waals surface area contributed by atoms with Gasteiger partial charge in [-0.25, -0.2) is 9.98 Å². The first-order chi connectivity index (χ1) is 15.5. The number of aromatic nitrogens is 2. The SMILES string of the molecule is CN1C=C(c2ccc3c(ccn3C)n2)C(c2ccc(C#N)cc2)=NC1N1CCC(N)CC1. The summed E-state index contributed by atoms with van der Waals surface area (Å²) in [5.74, 6) is 0. The average molecular weight is 426 g/mol. The fraction of sp³-hybridized carbons (Fsp3) is 0.320. The molecule has 0 amide bonds. The summed E-state index contributed by atoms with van der Waals surface area (Å²) in [7, 11) is 4.09. The van der Waals surface area contributed by atoms with Crippen molar-refractivity contribution in [3.63, 3.8) is 0 Å². The Labute approximate surface area is 188 Å². The molecular formula is C25H27N7. The van der Waals surface area contributed by atoms with E-state index in [0.29, 0.717) is 5.56 Å². The highest BCUT2D eigenvalue weighted by atomic mass is 15.4. The van der Waals surface area contributed by atoms with Gasteiger partial charge in [-0.1, -0.05) is 12.1 Å². The predicted octanol–water partition coefficient (Wildman–Crippen LogP) is 2.93. The van der Waals surface area contributed by atoms with Crippen LogP contribution in [0.2, 0.25) is 0 Å². The molecule has 7 nitrogen and oxygen atoms in total. The first kappa shape index (κ1) is 20.4. The minimum absolute atomic E-state index is 0.0858. The Kier molecular flexibility index (Phi) is 5.25. The highest BCUT2D eigenvalue weighted by molar-refractivity contribution is 6.31. The van der Waals surface area contributed by atoms with Crippen LogP contribution in [-0.4, -0.2) is 57.5 Å². The minimum atomic E-state index is -0.0858.